The van der Waals surface area contributed by atoms with Crippen molar-refractivity contribution in [3.8, 4) is 11.1 Å². The molecule has 0 atom stereocenters. The number of hydrogen-bond donors (Lipinski definition) is 1. The van der Waals surface area contributed by atoms with Gasteiger partial charge in [0.25, 0.3) is 0 Å². The zero-order chi connectivity index (χ0) is 12.3. The van der Waals surface area contributed by atoms with E-state index in [-0.39, 0.29) is 6.42 Å². The van der Waals surface area contributed by atoms with Crippen LogP contribution in [0.5, 0.6) is 0 Å². The van der Waals surface area contributed by atoms with E-state index in [4.69, 9.17) is 5.11 Å². The molecule has 0 aliphatic rings. The van der Waals surface area contributed by atoms with Crippen molar-refractivity contribution < 1.29 is 14.3 Å². The van der Waals surface area contributed by atoms with Crippen LogP contribution < -0.4 is 0 Å². The maximum atomic E-state index is 13.0. The zero-order valence-electron chi connectivity index (χ0n) is 8.93. The topological polar surface area (TPSA) is 50.2 Å². The SMILES string of the molecule is O=C(O)Cc1cccc(-c2cncc(F)c2)c1. The van der Waals surface area contributed by atoms with Crippen LogP contribution in [0.1, 0.15) is 5.56 Å². The van der Waals surface area contributed by atoms with Gasteiger partial charge in [0.2, 0.25) is 0 Å². The van der Waals surface area contributed by atoms with Gasteiger partial charge in [0, 0.05) is 11.8 Å². The first-order chi connectivity index (χ1) is 8.15. The van der Waals surface area contributed by atoms with Gasteiger partial charge in [-0.2, -0.15) is 0 Å². The third-order valence-electron chi connectivity index (χ3n) is 2.32. The summed E-state index contributed by atoms with van der Waals surface area (Å²) in [5.41, 5.74) is 2.08. The van der Waals surface area contributed by atoms with E-state index in [0.717, 1.165) is 11.8 Å². The van der Waals surface area contributed by atoms with Crippen LogP contribution in [0, 0.1) is 5.82 Å². The lowest BCUT2D eigenvalue weighted by Crippen LogP contribution is -1.99. The lowest BCUT2D eigenvalue weighted by atomic mass is 10.0. The van der Waals surface area contributed by atoms with Gasteiger partial charge in [-0.1, -0.05) is 24.3 Å². The fourth-order valence-corrected chi connectivity index (χ4v) is 1.61. The Labute approximate surface area is 97.6 Å². The summed E-state index contributed by atoms with van der Waals surface area (Å²) in [4.78, 5) is 14.4. The molecule has 0 bridgehead atoms. The summed E-state index contributed by atoms with van der Waals surface area (Å²) in [5.74, 6) is -1.30. The third-order valence-corrected chi connectivity index (χ3v) is 2.32. The van der Waals surface area contributed by atoms with Crippen molar-refractivity contribution in [2.45, 2.75) is 6.42 Å². The molecule has 2 rings (SSSR count). The summed E-state index contributed by atoms with van der Waals surface area (Å²) < 4.78 is 13.0. The minimum absolute atomic E-state index is 0.0451. The number of carbonyl (C=O) groups is 1. The van der Waals surface area contributed by atoms with E-state index >= 15 is 0 Å². The van der Waals surface area contributed by atoms with E-state index < -0.39 is 11.8 Å². The van der Waals surface area contributed by atoms with Crippen LogP contribution >= 0.6 is 0 Å². The number of nitrogens with zero attached hydrogens (tertiary/aromatic N) is 1. The minimum Gasteiger partial charge on any atom is -0.481 e. The monoisotopic (exact) mass is 231 g/mol. The number of hydrogen-bond acceptors (Lipinski definition) is 2. The summed E-state index contributed by atoms with van der Waals surface area (Å²) in [6, 6.07) is 8.36. The Kier molecular flexibility index (Phi) is 3.14. The molecule has 0 spiro atoms. The molecular formula is C13H10FNO2. The Morgan fingerprint density at radius 3 is 2.76 bits per heavy atom. The first-order valence-corrected chi connectivity index (χ1v) is 5.07. The second-order valence-corrected chi connectivity index (χ2v) is 3.66. The van der Waals surface area contributed by atoms with Gasteiger partial charge in [-0.15, -0.1) is 0 Å². The number of carboxylic acid groups (broad SMARTS) is 1. The van der Waals surface area contributed by atoms with E-state index in [1.165, 1.54) is 6.07 Å². The number of pyridine rings is 1. The first-order valence-electron chi connectivity index (χ1n) is 5.07. The Bertz CT molecular complexity index is 555. The number of carboxylic acids is 1. The van der Waals surface area contributed by atoms with Gasteiger partial charge in [-0.25, -0.2) is 4.39 Å². The largest absolute Gasteiger partial charge is 0.481 e. The van der Waals surface area contributed by atoms with Crippen LogP contribution in [-0.2, 0) is 11.2 Å². The van der Waals surface area contributed by atoms with Gasteiger partial charge >= 0.3 is 5.97 Å². The van der Waals surface area contributed by atoms with E-state index in [1.54, 1.807) is 30.5 Å². The van der Waals surface area contributed by atoms with Gasteiger partial charge in [0.05, 0.1) is 12.6 Å². The predicted octanol–water partition coefficient (Wildman–Crippen LogP) is 2.51. The smallest absolute Gasteiger partial charge is 0.307 e. The lowest BCUT2D eigenvalue weighted by Gasteiger charge is -2.03. The Morgan fingerprint density at radius 1 is 1.24 bits per heavy atom. The highest BCUT2D eigenvalue weighted by molar-refractivity contribution is 5.72. The Hall–Kier alpha value is -2.23. The molecule has 0 amide bonds. The molecule has 0 aliphatic carbocycles. The summed E-state index contributed by atoms with van der Waals surface area (Å²) in [6.07, 6.45) is 2.63. The molecule has 0 unspecified atom stereocenters. The lowest BCUT2D eigenvalue weighted by molar-refractivity contribution is -0.136. The first kappa shape index (κ1) is 11.3. The highest BCUT2D eigenvalue weighted by Gasteiger charge is 2.04. The van der Waals surface area contributed by atoms with Crippen molar-refractivity contribution in [1.29, 1.82) is 0 Å². The van der Waals surface area contributed by atoms with E-state index in [9.17, 15) is 9.18 Å². The minimum atomic E-state index is -0.889. The molecular weight excluding hydrogens is 221 g/mol. The van der Waals surface area contributed by atoms with Crippen LogP contribution in [-0.4, -0.2) is 16.1 Å². The van der Waals surface area contributed by atoms with Crippen LogP contribution in [0.25, 0.3) is 11.1 Å². The highest BCUT2D eigenvalue weighted by Crippen LogP contribution is 2.20. The fraction of sp³-hybridized carbons (Fsp3) is 0.0769. The Morgan fingerprint density at radius 2 is 2.06 bits per heavy atom. The van der Waals surface area contributed by atoms with Gasteiger partial charge in [-0.05, 0) is 17.2 Å². The number of rotatable bonds is 3. The molecule has 1 N–H and O–H groups in total. The number of aliphatic carboxylic acids is 1. The molecule has 0 saturated carbocycles. The molecule has 3 nitrogen and oxygen atoms in total. The molecule has 0 fully saturated rings. The summed E-state index contributed by atoms with van der Waals surface area (Å²) in [5, 5.41) is 8.70. The number of halogens is 1. The summed E-state index contributed by atoms with van der Waals surface area (Å²) in [7, 11) is 0. The van der Waals surface area contributed by atoms with Crippen molar-refractivity contribution in [3.05, 3.63) is 54.1 Å². The molecule has 1 aromatic heterocycles. The number of benzene rings is 1. The van der Waals surface area contributed by atoms with Crippen LogP contribution in [0.2, 0.25) is 0 Å². The standard InChI is InChI=1S/C13H10FNO2/c14-12-6-11(7-15-8-12)10-3-1-2-9(4-10)5-13(16)17/h1-4,6-8H,5H2,(H,16,17). The van der Waals surface area contributed by atoms with Crippen molar-refractivity contribution in [2.75, 3.05) is 0 Å². The van der Waals surface area contributed by atoms with Gasteiger partial charge in [-0.3, -0.25) is 9.78 Å². The molecule has 0 radical (unpaired) electrons. The van der Waals surface area contributed by atoms with Crippen molar-refractivity contribution in [2.24, 2.45) is 0 Å². The van der Waals surface area contributed by atoms with E-state index in [2.05, 4.69) is 4.98 Å². The molecule has 17 heavy (non-hydrogen) atoms. The molecule has 86 valence electrons. The molecule has 1 heterocycles. The molecule has 1 aromatic carbocycles. The maximum Gasteiger partial charge on any atom is 0.307 e. The highest BCUT2D eigenvalue weighted by atomic mass is 19.1. The van der Waals surface area contributed by atoms with Crippen molar-refractivity contribution in [3.63, 3.8) is 0 Å². The van der Waals surface area contributed by atoms with Gasteiger partial charge < -0.3 is 5.11 Å². The fourth-order valence-electron chi connectivity index (χ4n) is 1.61. The third kappa shape index (κ3) is 2.87. The average Bonchev–Trinajstić information content (AvgIpc) is 2.28. The van der Waals surface area contributed by atoms with Crippen LogP contribution in [0.15, 0.2) is 42.7 Å². The molecule has 0 saturated heterocycles. The van der Waals surface area contributed by atoms with Crippen molar-refractivity contribution >= 4 is 5.97 Å². The molecule has 0 aliphatic heterocycles. The quantitative estimate of drug-likeness (QED) is 0.883. The van der Waals surface area contributed by atoms with Gasteiger partial charge in [0.15, 0.2) is 0 Å². The average molecular weight is 231 g/mol. The van der Waals surface area contributed by atoms with E-state index in [1.807, 2.05) is 0 Å². The zero-order valence-corrected chi connectivity index (χ0v) is 8.93. The molecule has 4 heteroatoms. The van der Waals surface area contributed by atoms with Crippen molar-refractivity contribution in [1.82, 2.24) is 4.98 Å². The van der Waals surface area contributed by atoms with E-state index in [0.29, 0.717) is 11.1 Å². The van der Waals surface area contributed by atoms with Gasteiger partial charge in [0.1, 0.15) is 5.82 Å². The second-order valence-electron chi connectivity index (χ2n) is 3.66. The summed E-state index contributed by atoms with van der Waals surface area (Å²) >= 11 is 0. The van der Waals surface area contributed by atoms with Crippen LogP contribution in [0.4, 0.5) is 4.39 Å². The normalized spacial score (nSPS) is 10.2. The Balaban J connectivity index is 2.36. The predicted molar refractivity (Wildman–Crippen MR) is 61.0 cm³/mol. The van der Waals surface area contributed by atoms with Crippen LogP contribution in [0.3, 0.4) is 0 Å². The number of aromatic nitrogens is 1. The second kappa shape index (κ2) is 4.74. The summed E-state index contributed by atoms with van der Waals surface area (Å²) in [6.45, 7) is 0. The molecule has 2 aromatic rings. The maximum absolute atomic E-state index is 13.0.